The van der Waals surface area contributed by atoms with Gasteiger partial charge in [-0.15, -0.1) is 0 Å². The molecule has 10 heavy (non-hydrogen) atoms. The molecule has 0 aromatic carbocycles. The SMILES string of the molecule is [CH2]CC(CCC[NH])N(C)C. The minimum atomic E-state index is 0.546. The Morgan fingerprint density at radius 3 is 2.40 bits per heavy atom. The van der Waals surface area contributed by atoms with Crippen molar-refractivity contribution in [3.05, 3.63) is 6.92 Å². The number of nitrogens with zero attached hydrogens (tertiary/aromatic N) is 1. The van der Waals surface area contributed by atoms with Crippen LogP contribution in [0.15, 0.2) is 0 Å². The molecule has 0 heterocycles. The van der Waals surface area contributed by atoms with E-state index < -0.39 is 0 Å². The molecule has 1 unspecified atom stereocenters. The van der Waals surface area contributed by atoms with Crippen molar-refractivity contribution in [1.82, 2.24) is 10.6 Å². The third kappa shape index (κ3) is 3.85. The zero-order valence-corrected chi connectivity index (χ0v) is 7.06. The average Bonchev–Trinajstić information content (AvgIpc) is 1.89. The van der Waals surface area contributed by atoms with Gasteiger partial charge >= 0.3 is 0 Å². The third-order valence-electron chi connectivity index (χ3n) is 1.78. The van der Waals surface area contributed by atoms with Crippen LogP contribution in [0.4, 0.5) is 0 Å². The molecule has 2 radical (unpaired) electrons. The Balaban J connectivity index is 3.40. The van der Waals surface area contributed by atoms with Crippen molar-refractivity contribution in [2.45, 2.75) is 25.3 Å². The van der Waals surface area contributed by atoms with Crippen LogP contribution in [0, 0.1) is 6.92 Å². The standard InChI is InChI=1S/C8H18N2/c1-4-8(10(2)3)6-5-7-9/h8-9H,1,4-7H2,2-3H3. The Kier molecular flexibility index (Phi) is 5.64. The lowest BCUT2D eigenvalue weighted by atomic mass is 10.1. The molecule has 0 aliphatic rings. The van der Waals surface area contributed by atoms with E-state index in [2.05, 4.69) is 25.9 Å². The molecule has 60 valence electrons. The van der Waals surface area contributed by atoms with Gasteiger partial charge in [0.15, 0.2) is 0 Å². The van der Waals surface area contributed by atoms with Crippen LogP contribution >= 0.6 is 0 Å². The van der Waals surface area contributed by atoms with Crippen LogP contribution < -0.4 is 5.73 Å². The van der Waals surface area contributed by atoms with Gasteiger partial charge in [-0.3, -0.25) is 5.73 Å². The van der Waals surface area contributed by atoms with E-state index in [1.807, 2.05) is 0 Å². The molecule has 2 heteroatoms. The maximum atomic E-state index is 6.97. The highest BCUT2D eigenvalue weighted by atomic mass is 15.1. The van der Waals surface area contributed by atoms with Crippen LogP contribution in [-0.2, 0) is 0 Å². The minimum absolute atomic E-state index is 0.546. The number of hydrogen-bond acceptors (Lipinski definition) is 1. The Morgan fingerprint density at radius 1 is 1.50 bits per heavy atom. The predicted molar refractivity (Wildman–Crippen MR) is 44.6 cm³/mol. The van der Waals surface area contributed by atoms with E-state index in [1.165, 1.54) is 0 Å². The normalized spacial score (nSPS) is 14.1. The fourth-order valence-electron chi connectivity index (χ4n) is 0.998. The summed E-state index contributed by atoms with van der Waals surface area (Å²) in [5, 5.41) is 0. The van der Waals surface area contributed by atoms with Crippen molar-refractivity contribution < 1.29 is 0 Å². The van der Waals surface area contributed by atoms with Crippen LogP contribution in [-0.4, -0.2) is 31.6 Å². The molecule has 1 atom stereocenters. The van der Waals surface area contributed by atoms with Gasteiger partial charge < -0.3 is 4.90 Å². The summed E-state index contributed by atoms with van der Waals surface area (Å²) < 4.78 is 0. The van der Waals surface area contributed by atoms with Crippen LogP contribution in [0.1, 0.15) is 19.3 Å². The summed E-state index contributed by atoms with van der Waals surface area (Å²) in [6, 6.07) is 0.574. The van der Waals surface area contributed by atoms with Crippen molar-refractivity contribution in [3.63, 3.8) is 0 Å². The van der Waals surface area contributed by atoms with Gasteiger partial charge in [-0.05, 0) is 33.4 Å². The van der Waals surface area contributed by atoms with Crippen molar-refractivity contribution in [1.29, 1.82) is 0 Å². The first-order valence-electron chi connectivity index (χ1n) is 3.82. The second-order valence-electron chi connectivity index (χ2n) is 2.80. The van der Waals surface area contributed by atoms with Gasteiger partial charge in [0.2, 0.25) is 0 Å². The van der Waals surface area contributed by atoms with Crippen LogP contribution in [0.5, 0.6) is 0 Å². The zero-order valence-electron chi connectivity index (χ0n) is 7.06. The highest BCUT2D eigenvalue weighted by molar-refractivity contribution is 4.66. The molecule has 2 nitrogen and oxygen atoms in total. The Labute approximate surface area is 64.4 Å². The second kappa shape index (κ2) is 5.69. The molecule has 0 aliphatic heterocycles. The van der Waals surface area contributed by atoms with Gasteiger partial charge in [0.05, 0.1) is 0 Å². The van der Waals surface area contributed by atoms with E-state index in [1.54, 1.807) is 0 Å². The molecule has 0 rings (SSSR count). The Morgan fingerprint density at radius 2 is 2.10 bits per heavy atom. The van der Waals surface area contributed by atoms with Crippen molar-refractivity contribution in [3.8, 4) is 0 Å². The van der Waals surface area contributed by atoms with Crippen LogP contribution in [0.2, 0.25) is 0 Å². The highest BCUT2D eigenvalue weighted by Crippen LogP contribution is 2.05. The molecule has 0 saturated carbocycles. The summed E-state index contributed by atoms with van der Waals surface area (Å²) in [4.78, 5) is 2.18. The number of hydrogen-bond donors (Lipinski definition) is 0. The topological polar surface area (TPSA) is 27.0 Å². The molecule has 0 amide bonds. The molecular weight excluding hydrogens is 124 g/mol. The van der Waals surface area contributed by atoms with E-state index in [4.69, 9.17) is 5.73 Å². The van der Waals surface area contributed by atoms with E-state index in [-0.39, 0.29) is 0 Å². The summed E-state index contributed by atoms with van der Waals surface area (Å²) in [7, 11) is 4.14. The molecule has 1 N–H and O–H groups in total. The van der Waals surface area contributed by atoms with Gasteiger partial charge in [0, 0.05) is 12.6 Å². The molecular formula is C8H18N2. The first-order valence-corrected chi connectivity index (χ1v) is 3.82. The van der Waals surface area contributed by atoms with E-state index in [0.717, 1.165) is 19.3 Å². The smallest absolute Gasteiger partial charge is 0.0100 e. The van der Waals surface area contributed by atoms with Gasteiger partial charge in [-0.1, -0.05) is 6.92 Å². The first kappa shape index (κ1) is 9.92. The molecule has 0 spiro atoms. The molecule has 0 fully saturated rings. The lowest BCUT2D eigenvalue weighted by molar-refractivity contribution is 0.276. The van der Waals surface area contributed by atoms with Crippen LogP contribution in [0.25, 0.3) is 0 Å². The summed E-state index contributed by atoms with van der Waals surface area (Å²) in [6.45, 7) is 4.40. The van der Waals surface area contributed by atoms with E-state index in [0.29, 0.717) is 12.6 Å². The molecule has 0 bridgehead atoms. The van der Waals surface area contributed by atoms with Gasteiger partial charge in [-0.2, -0.15) is 0 Å². The molecule has 0 saturated heterocycles. The zero-order chi connectivity index (χ0) is 7.98. The van der Waals surface area contributed by atoms with Gasteiger partial charge in [-0.25, -0.2) is 0 Å². The Bertz CT molecular complexity index is 71.7. The fourth-order valence-corrected chi connectivity index (χ4v) is 0.998. The Hall–Kier alpha value is -0.0800. The van der Waals surface area contributed by atoms with E-state index >= 15 is 0 Å². The predicted octanol–water partition coefficient (Wildman–Crippen LogP) is 1.20. The molecule has 0 aromatic heterocycles. The summed E-state index contributed by atoms with van der Waals surface area (Å²) in [5.41, 5.74) is 6.97. The third-order valence-corrected chi connectivity index (χ3v) is 1.78. The van der Waals surface area contributed by atoms with Crippen LogP contribution in [0.3, 0.4) is 0 Å². The van der Waals surface area contributed by atoms with Crippen molar-refractivity contribution >= 4 is 0 Å². The summed E-state index contributed by atoms with van der Waals surface area (Å²) in [6.07, 6.45) is 3.06. The second-order valence-corrected chi connectivity index (χ2v) is 2.80. The highest BCUT2D eigenvalue weighted by Gasteiger charge is 2.06. The lowest BCUT2D eigenvalue weighted by Gasteiger charge is -2.21. The molecule has 0 aromatic rings. The average molecular weight is 142 g/mol. The quantitative estimate of drug-likeness (QED) is 0.566. The monoisotopic (exact) mass is 142 g/mol. The lowest BCUT2D eigenvalue weighted by Crippen LogP contribution is -2.27. The number of rotatable bonds is 5. The maximum absolute atomic E-state index is 6.97. The van der Waals surface area contributed by atoms with E-state index in [9.17, 15) is 0 Å². The summed E-state index contributed by atoms with van der Waals surface area (Å²) in [5.74, 6) is 0. The number of nitrogens with one attached hydrogen (secondary N) is 1. The first-order chi connectivity index (χ1) is 4.72. The fraction of sp³-hybridized carbons (Fsp3) is 0.875. The van der Waals surface area contributed by atoms with Gasteiger partial charge in [0.1, 0.15) is 0 Å². The minimum Gasteiger partial charge on any atom is -0.306 e. The van der Waals surface area contributed by atoms with Crippen molar-refractivity contribution in [2.75, 3.05) is 20.6 Å². The molecule has 0 aliphatic carbocycles. The summed E-state index contributed by atoms with van der Waals surface area (Å²) >= 11 is 0. The van der Waals surface area contributed by atoms with Crippen molar-refractivity contribution in [2.24, 2.45) is 0 Å². The maximum Gasteiger partial charge on any atom is 0.0100 e. The largest absolute Gasteiger partial charge is 0.306 e. The van der Waals surface area contributed by atoms with Gasteiger partial charge in [0.25, 0.3) is 0 Å².